The summed E-state index contributed by atoms with van der Waals surface area (Å²) in [6.07, 6.45) is 7.55. The van der Waals surface area contributed by atoms with Gasteiger partial charge in [0.1, 0.15) is 5.84 Å². The average Bonchev–Trinajstić information content (AvgIpc) is 3.80. The Balaban J connectivity index is 1.20. The Morgan fingerprint density at radius 1 is 0.787 bits per heavy atom. The topological polar surface area (TPSA) is 56.4 Å². The second kappa shape index (κ2) is 15.9. The third kappa shape index (κ3) is 6.65. The molecule has 7 aromatic rings. The molecule has 3 aliphatic carbocycles. The molecule has 3 aliphatic rings. The first kappa shape index (κ1) is 38.2. The number of allylic oxidation sites excluding steroid dienone is 3. The van der Waals surface area contributed by atoms with Crippen molar-refractivity contribution < 1.29 is 0 Å². The fourth-order valence-corrected chi connectivity index (χ4v) is 10.6. The maximum Gasteiger partial charge on any atom is 0.143 e. The van der Waals surface area contributed by atoms with Gasteiger partial charge in [0.2, 0.25) is 0 Å². The van der Waals surface area contributed by atoms with Gasteiger partial charge in [0.05, 0.1) is 28.9 Å². The van der Waals surface area contributed by atoms with E-state index in [-0.39, 0.29) is 11.8 Å². The normalized spacial score (nSPS) is 19.0. The Hall–Kier alpha value is -7.00. The minimum atomic E-state index is -0.525. The van der Waals surface area contributed by atoms with E-state index in [9.17, 15) is 5.26 Å². The van der Waals surface area contributed by atoms with E-state index >= 15 is 0 Å². The maximum absolute atomic E-state index is 9.71. The molecule has 0 aliphatic heterocycles. The summed E-state index contributed by atoms with van der Waals surface area (Å²) in [6.45, 7) is 5.78. The van der Waals surface area contributed by atoms with Crippen LogP contribution in [-0.2, 0) is 12.0 Å². The monoisotopic (exact) mass is 791 g/mol. The number of hydrogen-bond acceptors (Lipinski definition) is 3. The second-order valence-electron chi connectivity index (χ2n) is 17.0. The Morgan fingerprint density at radius 3 is 2.20 bits per heavy atom. The standard InChI is InChI=1S/C56H49N5/c1-38-30-41(35-57)33-42(31-38)37-60(3)59-55(58-36-40-18-7-4-8-19-40)43-20-17-25-46(34-43)61-51-29-16-14-26-47(51)49-32-39(2)52-48-27-13-15-28-50(48)56(53(52)54(49)61,44-21-9-5-10-22-44)45-23-11-6-12-24-45/h4-30,32-34,38-39,52H,31,36-37H2,1-3H3,(H,58,59). The molecule has 6 aromatic carbocycles. The number of aromatic nitrogens is 1. The molecule has 1 aromatic heterocycles. The molecule has 0 amide bonds. The van der Waals surface area contributed by atoms with Crippen molar-refractivity contribution >= 4 is 28.4 Å². The smallest absolute Gasteiger partial charge is 0.143 e. The number of hydrazine groups is 1. The molecule has 0 spiro atoms. The van der Waals surface area contributed by atoms with Crippen LogP contribution >= 0.6 is 0 Å². The van der Waals surface area contributed by atoms with Crippen LogP contribution in [0.4, 0.5) is 0 Å². The van der Waals surface area contributed by atoms with Crippen LogP contribution in [0.25, 0.3) is 28.2 Å². The van der Waals surface area contributed by atoms with Gasteiger partial charge in [-0.3, -0.25) is 4.99 Å². The molecule has 1 heterocycles. The van der Waals surface area contributed by atoms with E-state index in [0.29, 0.717) is 19.0 Å². The lowest BCUT2D eigenvalue weighted by atomic mass is 9.65. The lowest BCUT2D eigenvalue weighted by Gasteiger charge is -2.37. The molecule has 3 atom stereocenters. The zero-order valence-corrected chi connectivity index (χ0v) is 35.0. The summed E-state index contributed by atoms with van der Waals surface area (Å²) in [4.78, 5) is 5.27. The van der Waals surface area contributed by atoms with E-state index in [0.717, 1.165) is 34.6 Å². The summed E-state index contributed by atoms with van der Waals surface area (Å²) in [5.74, 6) is 1.55. The molecule has 0 fully saturated rings. The van der Waals surface area contributed by atoms with Crippen LogP contribution < -0.4 is 16.0 Å². The number of likely N-dealkylation sites (N-methyl/N-ethyl adjacent to an activating group) is 1. The highest BCUT2D eigenvalue weighted by molar-refractivity contribution is 5.99. The Kier molecular flexibility index (Phi) is 9.95. The first-order valence-electron chi connectivity index (χ1n) is 21.5. The molecule has 61 heavy (non-hydrogen) atoms. The molecule has 10 rings (SSSR count). The van der Waals surface area contributed by atoms with Crippen LogP contribution in [0.1, 0.15) is 59.6 Å². The molecule has 0 saturated carbocycles. The largest absolute Gasteiger partial charge is 0.309 e. The third-order valence-corrected chi connectivity index (χ3v) is 12.9. The highest BCUT2D eigenvalue weighted by Gasteiger charge is 2.53. The fraction of sp³-hybridized carbons (Fsp3) is 0.179. The minimum absolute atomic E-state index is 0.168. The van der Waals surface area contributed by atoms with Crippen molar-refractivity contribution in [1.29, 1.82) is 5.26 Å². The second-order valence-corrected chi connectivity index (χ2v) is 17.0. The van der Waals surface area contributed by atoms with E-state index in [1.54, 1.807) is 0 Å². The van der Waals surface area contributed by atoms with E-state index in [1.165, 1.54) is 54.9 Å². The zero-order valence-electron chi connectivity index (χ0n) is 35.0. The molecular weight excluding hydrogens is 743 g/mol. The van der Waals surface area contributed by atoms with Gasteiger partial charge in [0, 0.05) is 46.9 Å². The van der Waals surface area contributed by atoms with E-state index in [2.05, 4.69) is 212 Å². The van der Waals surface area contributed by atoms with Gasteiger partial charge in [-0.2, -0.15) is 5.26 Å². The number of benzene rings is 6. The molecule has 5 nitrogen and oxygen atoms in total. The van der Waals surface area contributed by atoms with Crippen LogP contribution in [-0.4, -0.2) is 29.0 Å². The molecular formula is C56H49N5. The summed E-state index contributed by atoms with van der Waals surface area (Å²) in [7, 11) is 2.06. The van der Waals surface area contributed by atoms with Crippen LogP contribution in [0.5, 0.6) is 0 Å². The average molecular weight is 792 g/mol. The Labute approximate surface area is 358 Å². The van der Waals surface area contributed by atoms with Crippen molar-refractivity contribution in [1.82, 2.24) is 15.0 Å². The molecule has 298 valence electrons. The highest BCUT2D eigenvalue weighted by Crippen LogP contribution is 2.60. The van der Waals surface area contributed by atoms with Crippen molar-refractivity contribution in [3.05, 3.63) is 231 Å². The van der Waals surface area contributed by atoms with Crippen molar-refractivity contribution in [2.45, 2.75) is 38.1 Å². The number of fused-ring (bicyclic) bond motifs is 6. The molecule has 0 saturated heterocycles. The van der Waals surface area contributed by atoms with Crippen molar-refractivity contribution in [3.8, 4) is 11.8 Å². The first-order chi connectivity index (χ1) is 29.9. The Bertz CT molecular complexity index is 3000. The summed E-state index contributed by atoms with van der Waals surface area (Å²) in [5.41, 5.74) is 16.3. The number of hydrogen-bond donors (Lipinski definition) is 1. The van der Waals surface area contributed by atoms with Gasteiger partial charge in [-0.25, -0.2) is 5.01 Å². The third-order valence-electron chi connectivity index (χ3n) is 12.9. The van der Waals surface area contributed by atoms with Crippen LogP contribution in [0.2, 0.25) is 0 Å². The predicted octanol–water partition coefficient (Wildman–Crippen LogP) is 10.1. The van der Waals surface area contributed by atoms with Crippen molar-refractivity contribution in [3.63, 3.8) is 0 Å². The minimum Gasteiger partial charge on any atom is -0.309 e. The lowest BCUT2D eigenvalue weighted by molar-refractivity contribution is 0.312. The van der Waals surface area contributed by atoms with Gasteiger partial charge in [0.15, 0.2) is 0 Å². The zero-order chi connectivity index (χ0) is 41.5. The summed E-state index contributed by atoms with van der Waals surface area (Å²) >= 11 is 0. The SMILES string of the molecule is CC1C=C(C#N)C=C(CN(C)NC(=NCc2ccccc2)c2cccc(-n3c4c(c5ccccc53)=CC(C)C3C=4C(c4ccccc4)(c4ccccc4)c4ccccc43)c2)C1. The van der Waals surface area contributed by atoms with Crippen LogP contribution in [0.15, 0.2) is 192 Å². The van der Waals surface area contributed by atoms with E-state index in [1.807, 2.05) is 12.1 Å². The fourth-order valence-electron chi connectivity index (χ4n) is 10.6. The summed E-state index contributed by atoms with van der Waals surface area (Å²) < 4.78 is 2.54. The molecule has 1 N–H and O–H groups in total. The number of aliphatic imine (C=N–C) groups is 1. The van der Waals surface area contributed by atoms with Gasteiger partial charge in [0.25, 0.3) is 0 Å². The molecule has 5 heteroatoms. The summed E-state index contributed by atoms with van der Waals surface area (Å²) in [5, 5.41) is 15.6. The van der Waals surface area contributed by atoms with Crippen LogP contribution in [0, 0.1) is 23.2 Å². The number of nitrogens with one attached hydrogen (secondary N) is 1. The number of amidine groups is 1. The number of para-hydroxylation sites is 1. The van der Waals surface area contributed by atoms with Gasteiger partial charge < -0.3 is 9.99 Å². The van der Waals surface area contributed by atoms with Crippen molar-refractivity contribution in [2.75, 3.05) is 13.6 Å². The number of nitriles is 1. The maximum atomic E-state index is 9.71. The van der Waals surface area contributed by atoms with Crippen LogP contribution in [0.3, 0.4) is 0 Å². The lowest BCUT2D eigenvalue weighted by Crippen LogP contribution is -2.43. The van der Waals surface area contributed by atoms with Gasteiger partial charge >= 0.3 is 0 Å². The van der Waals surface area contributed by atoms with E-state index in [4.69, 9.17) is 4.99 Å². The van der Waals surface area contributed by atoms with Gasteiger partial charge in [-0.05, 0) is 75.9 Å². The number of nitrogens with zero attached hydrogens (tertiary/aromatic N) is 4. The highest BCUT2D eigenvalue weighted by atomic mass is 15.5. The van der Waals surface area contributed by atoms with Gasteiger partial charge in [-0.15, -0.1) is 0 Å². The van der Waals surface area contributed by atoms with Gasteiger partial charge in [-0.1, -0.05) is 177 Å². The quantitative estimate of drug-likeness (QED) is 0.0900. The molecule has 0 radical (unpaired) electrons. The predicted molar refractivity (Wildman–Crippen MR) is 250 cm³/mol. The summed E-state index contributed by atoms with van der Waals surface area (Å²) in [6, 6.07) is 62.1. The Morgan fingerprint density at radius 2 is 1.46 bits per heavy atom. The molecule has 3 unspecified atom stereocenters. The van der Waals surface area contributed by atoms with E-state index < -0.39 is 5.41 Å². The van der Waals surface area contributed by atoms with Crippen molar-refractivity contribution in [2.24, 2.45) is 16.8 Å². The number of rotatable bonds is 9. The molecule has 0 bridgehead atoms. The first-order valence-corrected chi connectivity index (χ1v) is 21.5.